The van der Waals surface area contributed by atoms with Gasteiger partial charge < -0.3 is 9.47 Å². The molecule has 3 aliphatic carbocycles. The van der Waals surface area contributed by atoms with Crippen LogP contribution in [0.2, 0.25) is 0 Å². The van der Waals surface area contributed by atoms with E-state index in [4.69, 9.17) is 9.47 Å². The highest BCUT2D eigenvalue weighted by molar-refractivity contribution is 5.76. The van der Waals surface area contributed by atoms with Gasteiger partial charge in [-0.05, 0) is 43.9 Å². The smallest absolute Gasteiger partial charge is 0.309 e. The van der Waals surface area contributed by atoms with E-state index in [1.165, 1.54) is 0 Å². The van der Waals surface area contributed by atoms with Gasteiger partial charge in [0.25, 0.3) is 0 Å². The number of rotatable bonds is 4. The van der Waals surface area contributed by atoms with Crippen LogP contribution in [0.4, 0.5) is 0 Å². The maximum absolute atomic E-state index is 12.5. The SMILES string of the molecule is CC(C)CC(C)C(=O)OC12CC3CC4(C1)C(CC4OC3=O)C2. The Kier molecular flexibility index (Phi) is 2.96. The molecule has 122 valence electrons. The number of hydrogen-bond acceptors (Lipinski definition) is 4. The molecule has 4 heteroatoms. The van der Waals surface area contributed by atoms with Gasteiger partial charge in [-0.15, -0.1) is 0 Å². The third kappa shape index (κ3) is 1.88. The lowest BCUT2D eigenvalue weighted by Gasteiger charge is -2.57. The zero-order valence-corrected chi connectivity index (χ0v) is 13.8. The standard InChI is InChI=1S/C18H26O4/c1-10(2)4-11(3)15(19)22-17-6-12-7-18(9-17)13(8-17)5-14(18)21-16(12)20/h10-14H,4-9H2,1-3H3. The van der Waals surface area contributed by atoms with E-state index in [-0.39, 0.29) is 40.9 Å². The first-order valence-electron chi connectivity index (χ1n) is 8.77. The molecule has 4 nitrogen and oxygen atoms in total. The lowest BCUT2D eigenvalue weighted by Crippen LogP contribution is -2.60. The predicted molar refractivity (Wildman–Crippen MR) is 79.8 cm³/mol. The van der Waals surface area contributed by atoms with Crippen LogP contribution in [0.25, 0.3) is 0 Å². The minimum atomic E-state index is -0.385. The summed E-state index contributed by atoms with van der Waals surface area (Å²) in [5, 5.41) is 0. The molecule has 0 N–H and O–H groups in total. The van der Waals surface area contributed by atoms with Crippen LogP contribution >= 0.6 is 0 Å². The zero-order chi connectivity index (χ0) is 15.7. The van der Waals surface area contributed by atoms with Crippen molar-refractivity contribution in [2.24, 2.45) is 29.1 Å². The van der Waals surface area contributed by atoms with Crippen molar-refractivity contribution < 1.29 is 19.1 Å². The van der Waals surface area contributed by atoms with Crippen LogP contribution in [0.15, 0.2) is 0 Å². The van der Waals surface area contributed by atoms with Crippen LogP contribution in [0, 0.1) is 29.1 Å². The minimum Gasteiger partial charge on any atom is -0.462 e. The highest BCUT2D eigenvalue weighted by atomic mass is 16.6. The van der Waals surface area contributed by atoms with E-state index in [9.17, 15) is 9.59 Å². The summed E-state index contributed by atoms with van der Waals surface area (Å²) in [6.07, 6.45) is 5.42. The van der Waals surface area contributed by atoms with Crippen LogP contribution in [0.3, 0.4) is 0 Å². The van der Waals surface area contributed by atoms with E-state index < -0.39 is 0 Å². The second kappa shape index (κ2) is 4.48. The molecule has 0 aromatic heterocycles. The molecule has 4 aliphatic rings. The number of fused-ring (bicyclic) bond motifs is 2. The largest absolute Gasteiger partial charge is 0.462 e. The molecule has 0 aromatic rings. The van der Waals surface area contributed by atoms with Crippen molar-refractivity contribution in [3.8, 4) is 0 Å². The maximum atomic E-state index is 12.5. The van der Waals surface area contributed by atoms with Crippen molar-refractivity contribution in [2.45, 2.75) is 71.0 Å². The lowest BCUT2D eigenvalue weighted by atomic mass is 9.53. The summed E-state index contributed by atoms with van der Waals surface area (Å²) in [6, 6.07) is 0. The normalized spacial score (nSPS) is 46.0. The average Bonchev–Trinajstić information content (AvgIpc) is 2.62. The quantitative estimate of drug-likeness (QED) is 0.749. The molecule has 1 spiro atoms. The van der Waals surface area contributed by atoms with Crippen molar-refractivity contribution in [1.82, 2.24) is 0 Å². The van der Waals surface area contributed by atoms with E-state index in [0.29, 0.717) is 18.3 Å². The monoisotopic (exact) mass is 306 g/mol. The number of carbonyl (C=O) groups is 2. The van der Waals surface area contributed by atoms with Crippen LogP contribution in [0.1, 0.15) is 59.3 Å². The van der Waals surface area contributed by atoms with Crippen molar-refractivity contribution in [3.05, 3.63) is 0 Å². The van der Waals surface area contributed by atoms with Gasteiger partial charge in [0.2, 0.25) is 0 Å². The van der Waals surface area contributed by atoms with Crippen LogP contribution in [-0.2, 0) is 19.1 Å². The summed E-state index contributed by atoms with van der Waals surface area (Å²) in [4.78, 5) is 24.6. The second-order valence-corrected chi connectivity index (χ2v) is 8.71. The van der Waals surface area contributed by atoms with E-state index in [2.05, 4.69) is 13.8 Å². The summed E-state index contributed by atoms with van der Waals surface area (Å²) in [5.41, 5.74) is -0.248. The molecule has 0 aromatic carbocycles. The summed E-state index contributed by atoms with van der Waals surface area (Å²) < 4.78 is 11.7. The van der Waals surface area contributed by atoms with Gasteiger partial charge in [0.05, 0.1) is 11.8 Å². The first-order chi connectivity index (χ1) is 10.3. The van der Waals surface area contributed by atoms with Crippen LogP contribution in [0.5, 0.6) is 0 Å². The Hall–Kier alpha value is -1.06. The molecule has 1 heterocycles. The van der Waals surface area contributed by atoms with E-state index in [1.807, 2.05) is 6.92 Å². The maximum Gasteiger partial charge on any atom is 0.309 e. The van der Waals surface area contributed by atoms with E-state index in [0.717, 1.165) is 32.1 Å². The molecule has 1 aliphatic heterocycles. The third-order valence-corrected chi connectivity index (χ3v) is 6.60. The molecule has 3 bridgehead atoms. The van der Waals surface area contributed by atoms with Crippen molar-refractivity contribution in [2.75, 3.05) is 0 Å². The highest BCUT2D eigenvalue weighted by Crippen LogP contribution is 2.71. The second-order valence-electron chi connectivity index (χ2n) is 8.71. The third-order valence-electron chi connectivity index (χ3n) is 6.60. The molecule has 0 amide bonds. The minimum absolute atomic E-state index is 0.0523. The topological polar surface area (TPSA) is 52.6 Å². The van der Waals surface area contributed by atoms with Gasteiger partial charge in [-0.25, -0.2) is 0 Å². The average molecular weight is 306 g/mol. The molecule has 4 fully saturated rings. The lowest BCUT2D eigenvalue weighted by molar-refractivity contribution is -0.220. The van der Waals surface area contributed by atoms with Gasteiger partial charge >= 0.3 is 11.9 Å². The van der Waals surface area contributed by atoms with Gasteiger partial charge in [-0.1, -0.05) is 20.8 Å². The van der Waals surface area contributed by atoms with Gasteiger partial charge in [0.15, 0.2) is 0 Å². The summed E-state index contributed by atoms with van der Waals surface area (Å²) >= 11 is 0. The summed E-state index contributed by atoms with van der Waals surface area (Å²) in [6.45, 7) is 6.21. The number of ether oxygens (including phenoxy) is 2. The molecule has 22 heavy (non-hydrogen) atoms. The Morgan fingerprint density at radius 2 is 2.09 bits per heavy atom. The predicted octanol–water partition coefficient (Wildman–Crippen LogP) is 3.09. The fourth-order valence-corrected chi connectivity index (χ4v) is 5.81. The van der Waals surface area contributed by atoms with Crippen molar-refractivity contribution in [3.63, 3.8) is 0 Å². The zero-order valence-electron chi connectivity index (χ0n) is 13.8. The van der Waals surface area contributed by atoms with Gasteiger partial charge in [0, 0.05) is 11.8 Å². The van der Waals surface area contributed by atoms with Gasteiger partial charge in [-0.3, -0.25) is 9.59 Å². The molecule has 1 saturated heterocycles. The van der Waals surface area contributed by atoms with E-state index in [1.54, 1.807) is 0 Å². The van der Waals surface area contributed by atoms with Crippen molar-refractivity contribution >= 4 is 11.9 Å². The molecule has 0 radical (unpaired) electrons. The van der Waals surface area contributed by atoms with E-state index >= 15 is 0 Å². The summed E-state index contributed by atoms with van der Waals surface area (Å²) in [5.74, 6) is 0.832. The van der Waals surface area contributed by atoms with Crippen LogP contribution in [-0.4, -0.2) is 23.6 Å². The Bertz CT molecular complexity index is 527. The Labute approximate surface area is 131 Å². The Balaban J connectivity index is 1.53. The van der Waals surface area contributed by atoms with Gasteiger partial charge in [-0.2, -0.15) is 0 Å². The molecule has 3 saturated carbocycles. The van der Waals surface area contributed by atoms with Crippen LogP contribution < -0.4 is 0 Å². The Morgan fingerprint density at radius 1 is 1.32 bits per heavy atom. The molecular weight excluding hydrogens is 280 g/mol. The number of hydrogen-bond donors (Lipinski definition) is 0. The molecule has 6 atom stereocenters. The fraction of sp³-hybridized carbons (Fsp3) is 0.889. The number of esters is 2. The molecule has 4 rings (SSSR count). The first-order valence-corrected chi connectivity index (χ1v) is 8.77. The fourth-order valence-electron chi connectivity index (χ4n) is 5.81. The van der Waals surface area contributed by atoms with Gasteiger partial charge in [0.1, 0.15) is 11.7 Å². The number of carbonyl (C=O) groups excluding carboxylic acids is 2. The Morgan fingerprint density at radius 3 is 2.82 bits per heavy atom. The molecular formula is C18H26O4. The highest BCUT2D eigenvalue weighted by Gasteiger charge is 2.73. The summed E-state index contributed by atoms with van der Waals surface area (Å²) in [7, 11) is 0. The van der Waals surface area contributed by atoms with Crippen molar-refractivity contribution in [1.29, 1.82) is 0 Å². The first kappa shape index (κ1) is 14.5. The molecule has 6 unspecified atom stereocenters.